The maximum atomic E-state index is 3.94. The molecular weight excluding hydrogens is 126 g/mol. The topological polar surface area (TPSA) is 29.9 Å². The molecular formula is C7H15N3. The number of aryl methyl sites for hydroxylation is 1. The first-order valence-electron chi connectivity index (χ1n) is 3.49. The van der Waals surface area contributed by atoms with Gasteiger partial charge in [0.1, 0.15) is 0 Å². The molecule has 1 heterocycles. The highest BCUT2D eigenvalue weighted by Crippen LogP contribution is 1.99. The van der Waals surface area contributed by atoms with E-state index in [1.807, 2.05) is 34.1 Å². The Balaban J connectivity index is 0.000000371. The fraction of sp³-hybridized carbons (Fsp3) is 0.571. The molecule has 0 bridgehead atoms. The third-order valence-electron chi connectivity index (χ3n) is 0.994. The molecule has 3 nitrogen and oxygen atoms in total. The average molecular weight is 141 g/mol. The van der Waals surface area contributed by atoms with Gasteiger partial charge in [0.2, 0.25) is 0 Å². The van der Waals surface area contributed by atoms with Crippen LogP contribution < -0.4 is 5.32 Å². The van der Waals surface area contributed by atoms with Crippen molar-refractivity contribution < 1.29 is 0 Å². The van der Waals surface area contributed by atoms with Crippen LogP contribution in [0.2, 0.25) is 0 Å². The average Bonchev–Trinajstić information content (AvgIpc) is 2.40. The number of nitrogens with one attached hydrogen (secondary N) is 1. The van der Waals surface area contributed by atoms with Gasteiger partial charge < -0.3 is 5.32 Å². The summed E-state index contributed by atoms with van der Waals surface area (Å²) in [5.41, 5.74) is 1.05. The van der Waals surface area contributed by atoms with E-state index >= 15 is 0 Å². The second-order valence-corrected chi connectivity index (χ2v) is 1.65. The van der Waals surface area contributed by atoms with Crippen LogP contribution in [0.5, 0.6) is 0 Å². The summed E-state index contributed by atoms with van der Waals surface area (Å²) in [4.78, 5) is 0. The van der Waals surface area contributed by atoms with Gasteiger partial charge in [-0.1, -0.05) is 13.8 Å². The Kier molecular flexibility index (Phi) is 4.37. The molecule has 1 aromatic rings. The van der Waals surface area contributed by atoms with Gasteiger partial charge in [-0.05, 0) is 0 Å². The Bertz CT molecular complexity index is 169. The zero-order valence-electron chi connectivity index (χ0n) is 7.05. The van der Waals surface area contributed by atoms with Crippen LogP contribution in [0.3, 0.4) is 0 Å². The minimum Gasteiger partial charge on any atom is -0.386 e. The van der Waals surface area contributed by atoms with Crippen molar-refractivity contribution in [2.45, 2.75) is 13.8 Å². The first kappa shape index (κ1) is 9.01. The van der Waals surface area contributed by atoms with E-state index in [9.17, 15) is 0 Å². The molecule has 0 spiro atoms. The van der Waals surface area contributed by atoms with Crippen molar-refractivity contribution in [2.75, 3.05) is 12.4 Å². The second kappa shape index (κ2) is 4.85. The molecule has 0 saturated carbocycles. The van der Waals surface area contributed by atoms with E-state index in [2.05, 4.69) is 10.4 Å². The summed E-state index contributed by atoms with van der Waals surface area (Å²) in [5.74, 6) is 0. The molecule has 10 heavy (non-hydrogen) atoms. The fourth-order valence-electron chi connectivity index (χ4n) is 0.550. The molecule has 0 atom stereocenters. The van der Waals surface area contributed by atoms with E-state index in [1.54, 1.807) is 10.9 Å². The fourth-order valence-corrected chi connectivity index (χ4v) is 0.550. The van der Waals surface area contributed by atoms with Gasteiger partial charge in [0.25, 0.3) is 0 Å². The van der Waals surface area contributed by atoms with E-state index < -0.39 is 0 Å². The Morgan fingerprint density at radius 2 is 2.10 bits per heavy atom. The number of hydrogen-bond acceptors (Lipinski definition) is 2. The molecule has 58 valence electrons. The van der Waals surface area contributed by atoms with Crippen LogP contribution in [0.1, 0.15) is 13.8 Å². The first-order valence-corrected chi connectivity index (χ1v) is 3.49. The molecule has 0 fully saturated rings. The maximum Gasteiger partial charge on any atom is 0.0723 e. The van der Waals surface area contributed by atoms with Gasteiger partial charge in [0.05, 0.1) is 11.9 Å². The lowest BCUT2D eigenvalue weighted by atomic mass is 10.6. The van der Waals surface area contributed by atoms with Crippen LogP contribution in [0.15, 0.2) is 12.4 Å². The minimum absolute atomic E-state index is 1.05. The van der Waals surface area contributed by atoms with Crippen LogP contribution in [0, 0.1) is 0 Å². The van der Waals surface area contributed by atoms with E-state index in [0.29, 0.717) is 0 Å². The zero-order valence-corrected chi connectivity index (χ0v) is 7.05. The van der Waals surface area contributed by atoms with Gasteiger partial charge in [-0.2, -0.15) is 5.10 Å². The zero-order chi connectivity index (χ0) is 7.98. The summed E-state index contributed by atoms with van der Waals surface area (Å²) in [6.07, 6.45) is 3.69. The van der Waals surface area contributed by atoms with Crippen LogP contribution in [-0.4, -0.2) is 16.8 Å². The Labute approximate surface area is 62.1 Å². The molecule has 0 amide bonds. The van der Waals surface area contributed by atoms with E-state index in [4.69, 9.17) is 0 Å². The summed E-state index contributed by atoms with van der Waals surface area (Å²) >= 11 is 0. The lowest BCUT2D eigenvalue weighted by Gasteiger charge is -1.86. The summed E-state index contributed by atoms with van der Waals surface area (Å²) in [7, 11) is 3.76. The van der Waals surface area contributed by atoms with Crippen molar-refractivity contribution in [3.63, 3.8) is 0 Å². The molecule has 0 aliphatic rings. The van der Waals surface area contributed by atoms with Crippen molar-refractivity contribution in [1.82, 2.24) is 9.78 Å². The molecule has 0 radical (unpaired) electrons. The van der Waals surface area contributed by atoms with Crippen molar-refractivity contribution >= 4 is 5.69 Å². The second-order valence-electron chi connectivity index (χ2n) is 1.65. The van der Waals surface area contributed by atoms with Crippen LogP contribution in [0.4, 0.5) is 5.69 Å². The van der Waals surface area contributed by atoms with Gasteiger partial charge >= 0.3 is 0 Å². The quantitative estimate of drug-likeness (QED) is 0.642. The predicted molar refractivity (Wildman–Crippen MR) is 44.1 cm³/mol. The first-order chi connectivity index (χ1) is 4.83. The summed E-state index contributed by atoms with van der Waals surface area (Å²) in [6, 6.07) is 0. The Morgan fingerprint density at radius 1 is 1.50 bits per heavy atom. The lowest BCUT2D eigenvalue weighted by Crippen LogP contribution is -1.85. The van der Waals surface area contributed by atoms with Crippen LogP contribution in [-0.2, 0) is 7.05 Å². The number of anilines is 1. The summed E-state index contributed by atoms with van der Waals surface area (Å²) in [6.45, 7) is 4.00. The standard InChI is InChI=1S/C5H9N3.C2H6/c1-6-5-3-7-8(2)4-5;1-2/h3-4,6H,1-2H3;1-2H3. The minimum atomic E-state index is 1.05. The number of hydrogen-bond donors (Lipinski definition) is 1. The normalized spacial score (nSPS) is 8.00. The SMILES string of the molecule is CC.CNc1cnn(C)c1. The Hall–Kier alpha value is -0.990. The molecule has 0 unspecified atom stereocenters. The molecule has 1 N–H and O–H groups in total. The third kappa shape index (κ3) is 2.53. The van der Waals surface area contributed by atoms with Gasteiger partial charge in [-0.3, -0.25) is 4.68 Å². The third-order valence-corrected chi connectivity index (χ3v) is 0.994. The molecule has 3 heteroatoms. The van der Waals surface area contributed by atoms with E-state index in [0.717, 1.165) is 5.69 Å². The van der Waals surface area contributed by atoms with Crippen molar-refractivity contribution in [3.8, 4) is 0 Å². The highest BCUT2D eigenvalue weighted by Gasteiger charge is 1.86. The smallest absolute Gasteiger partial charge is 0.0723 e. The van der Waals surface area contributed by atoms with Crippen molar-refractivity contribution in [3.05, 3.63) is 12.4 Å². The molecule has 0 aliphatic carbocycles. The summed E-state index contributed by atoms with van der Waals surface area (Å²) < 4.78 is 1.76. The van der Waals surface area contributed by atoms with E-state index in [1.165, 1.54) is 0 Å². The number of rotatable bonds is 1. The van der Waals surface area contributed by atoms with Crippen LogP contribution in [0.25, 0.3) is 0 Å². The maximum absolute atomic E-state index is 3.94. The molecule has 0 saturated heterocycles. The van der Waals surface area contributed by atoms with Crippen molar-refractivity contribution in [1.29, 1.82) is 0 Å². The van der Waals surface area contributed by atoms with Gasteiger partial charge in [0.15, 0.2) is 0 Å². The molecule has 0 aliphatic heterocycles. The largest absolute Gasteiger partial charge is 0.386 e. The van der Waals surface area contributed by atoms with Crippen molar-refractivity contribution in [2.24, 2.45) is 7.05 Å². The monoisotopic (exact) mass is 141 g/mol. The highest BCUT2D eigenvalue weighted by atomic mass is 15.2. The van der Waals surface area contributed by atoms with E-state index in [-0.39, 0.29) is 0 Å². The van der Waals surface area contributed by atoms with Gasteiger partial charge in [-0.25, -0.2) is 0 Å². The lowest BCUT2D eigenvalue weighted by molar-refractivity contribution is 0.768. The molecule has 1 aromatic heterocycles. The van der Waals surface area contributed by atoms with Gasteiger partial charge in [-0.15, -0.1) is 0 Å². The number of aromatic nitrogens is 2. The Morgan fingerprint density at radius 3 is 2.30 bits per heavy atom. The number of nitrogens with zero attached hydrogens (tertiary/aromatic N) is 2. The molecule has 0 aromatic carbocycles. The predicted octanol–water partition coefficient (Wildman–Crippen LogP) is 1.49. The van der Waals surface area contributed by atoms with Gasteiger partial charge in [0, 0.05) is 20.3 Å². The van der Waals surface area contributed by atoms with Crippen LogP contribution >= 0.6 is 0 Å². The highest BCUT2D eigenvalue weighted by molar-refractivity contribution is 5.36. The summed E-state index contributed by atoms with van der Waals surface area (Å²) in [5, 5.41) is 6.91. The molecule has 1 rings (SSSR count).